The number of unbranched alkanes of at least 4 members (excludes halogenated alkanes) is 1. The quantitative estimate of drug-likeness (QED) is 0.335. The first-order valence-electron chi connectivity index (χ1n) is 9.03. The average Bonchev–Trinajstić information content (AvgIpc) is 2.78. The molecule has 25 heavy (non-hydrogen) atoms. The Balaban J connectivity index is 0.00000576. The molecule has 1 aromatic rings. The smallest absolute Gasteiger partial charge is 0.191 e. The van der Waals surface area contributed by atoms with Crippen molar-refractivity contribution >= 4 is 29.9 Å². The number of hydrogen-bond donors (Lipinski definition) is 2. The summed E-state index contributed by atoms with van der Waals surface area (Å²) < 4.78 is 1.95. The minimum atomic E-state index is 0. The molecule has 0 aliphatic heterocycles. The molecule has 0 aliphatic rings. The van der Waals surface area contributed by atoms with Crippen LogP contribution in [0, 0.1) is 13.8 Å². The maximum absolute atomic E-state index is 4.49. The zero-order valence-corrected chi connectivity index (χ0v) is 19.3. The molecule has 1 aromatic heterocycles. The normalized spacial score (nSPS) is 12.9. The Hall–Kier alpha value is -0.830. The fraction of sp³-hybridized carbons (Fsp3) is 0.778. The molecule has 7 heteroatoms. The topological polar surface area (TPSA) is 57.5 Å². The highest BCUT2D eigenvalue weighted by molar-refractivity contribution is 14.0. The zero-order valence-electron chi connectivity index (χ0n) is 17.0. The first-order valence-corrected chi connectivity index (χ1v) is 9.03. The van der Waals surface area contributed by atoms with Gasteiger partial charge in [0.15, 0.2) is 5.96 Å². The fourth-order valence-corrected chi connectivity index (χ4v) is 2.80. The molecule has 0 saturated heterocycles. The van der Waals surface area contributed by atoms with Crippen molar-refractivity contribution in [3.63, 3.8) is 0 Å². The number of halogens is 1. The van der Waals surface area contributed by atoms with Gasteiger partial charge in [-0.15, -0.1) is 24.0 Å². The minimum absolute atomic E-state index is 0. The van der Waals surface area contributed by atoms with E-state index in [9.17, 15) is 0 Å². The lowest BCUT2D eigenvalue weighted by Gasteiger charge is -2.20. The van der Waals surface area contributed by atoms with Crippen molar-refractivity contribution in [3.05, 3.63) is 17.0 Å². The maximum atomic E-state index is 4.49. The van der Waals surface area contributed by atoms with E-state index >= 15 is 0 Å². The van der Waals surface area contributed by atoms with Gasteiger partial charge < -0.3 is 15.5 Å². The predicted octanol–water partition coefficient (Wildman–Crippen LogP) is 2.48. The summed E-state index contributed by atoms with van der Waals surface area (Å²) in [5.41, 5.74) is 3.68. The van der Waals surface area contributed by atoms with Crippen LogP contribution in [0.4, 0.5) is 0 Å². The Bertz CT molecular complexity index is 526. The fourth-order valence-electron chi connectivity index (χ4n) is 2.80. The van der Waals surface area contributed by atoms with Crippen LogP contribution in [0.2, 0.25) is 0 Å². The largest absolute Gasteiger partial charge is 0.355 e. The third kappa shape index (κ3) is 8.40. The molecule has 0 fully saturated rings. The number of guanidine groups is 1. The first-order chi connectivity index (χ1) is 11.4. The van der Waals surface area contributed by atoms with Gasteiger partial charge in [0.2, 0.25) is 0 Å². The number of nitrogens with one attached hydrogen (secondary N) is 2. The van der Waals surface area contributed by atoms with Crippen molar-refractivity contribution in [2.75, 3.05) is 33.7 Å². The van der Waals surface area contributed by atoms with Gasteiger partial charge in [0, 0.05) is 38.9 Å². The van der Waals surface area contributed by atoms with E-state index in [0.717, 1.165) is 37.7 Å². The van der Waals surface area contributed by atoms with E-state index in [1.807, 2.05) is 18.8 Å². The van der Waals surface area contributed by atoms with E-state index in [1.54, 1.807) is 0 Å². The number of nitrogens with zero attached hydrogens (tertiary/aromatic N) is 4. The number of aliphatic imine (C=N–C) groups is 1. The van der Waals surface area contributed by atoms with Crippen molar-refractivity contribution < 1.29 is 0 Å². The third-order valence-electron chi connectivity index (χ3n) is 4.46. The van der Waals surface area contributed by atoms with E-state index in [4.69, 9.17) is 0 Å². The average molecular weight is 464 g/mol. The Morgan fingerprint density at radius 3 is 2.52 bits per heavy atom. The second-order valence-corrected chi connectivity index (χ2v) is 6.68. The number of aryl methyl sites for hydroxylation is 2. The molecular weight excluding hydrogens is 427 g/mol. The summed E-state index contributed by atoms with van der Waals surface area (Å²) in [4.78, 5) is 6.69. The summed E-state index contributed by atoms with van der Waals surface area (Å²) in [5.74, 6) is 0.866. The number of hydrogen-bond acceptors (Lipinski definition) is 3. The molecule has 2 N–H and O–H groups in total. The summed E-state index contributed by atoms with van der Waals surface area (Å²) in [7, 11) is 5.99. The molecule has 1 heterocycles. The monoisotopic (exact) mass is 464 g/mol. The molecule has 1 atom stereocenters. The van der Waals surface area contributed by atoms with Crippen LogP contribution in [-0.4, -0.2) is 60.4 Å². The van der Waals surface area contributed by atoms with Crippen molar-refractivity contribution in [3.8, 4) is 0 Å². The summed E-state index contributed by atoms with van der Waals surface area (Å²) in [6.07, 6.45) is 3.44. The number of aromatic nitrogens is 2. The molecule has 0 amide bonds. The lowest BCUT2D eigenvalue weighted by atomic mass is 10.1. The van der Waals surface area contributed by atoms with Crippen LogP contribution in [0.3, 0.4) is 0 Å². The Kier molecular flexibility index (Phi) is 12.1. The highest BCUT2D eigenvalue weighted by atomic mass is 127. The van der Waals surface area contributed by atoms with Crippen molar-refractivity contribution in [1.82, 2.24) is 25.3 Å². The molecule has 0 saturated carbocycles. The van der Waals surface area contributed by atoms with Gasteiger partial charge in [-0.3, -0.25) is 9.67 Å². The minimum Gasteiger partial charge on any atom is -0.355 e. The van der Waals surface area contributed by atoms with Gasteiger partial charge in [-0.1, -0.05) is 13.3 Å². The highest BCUT2D eigenvalue weighted by Crippen LogP contribution is 2.14. The Labute approximate surface area is 170 Å². The number of likely N-dealkylation sites (N-methyl/N-ethyl adjacent to an activating group) is 1. The summed E-state index contributed by atoms with van der Waals surface area (Å²) in [6, 6.07) is 0.302. The van der Waals surface area contributed by atoms with E-state index < -0.39 is 0 Å². The lowest BCUT2D eigenvalue weighted by Crippen LogP contribution is -2.45. The Morgan fingerprint density at radius 1 is 1.32 bits per heavy atom. The van der Waals surface area contributed by atoms with Crippen molar-refractivity contribution in [1.29, 1.82) is 0 Å². The highest BCUT2D eigenvalue weighted by Gasteiger charge is 2.13. The molecule has 1 unspecified atom stereocenters. The van der Waals surface area contributed by atoms with Crippen LogP contribution >= 0.6 is 24.0 Å². The molecule has 6 nitrogen and oxygen atoms in total. The maximum Gasteiger partial charge on any atom is 0.191 e. The molecule has 1 rings (SSSR count). The SMILES string of the molecule is CCCCN(C)CCNC(=NC)NC(C)Cc1c(C)nn(C)c1C.I. The van der Waals surface area contributed by atoms with E-state index in [2.05, 4.69) is 60.4 Å². The van der Waals surface area contributed by atoms with Crippen molar-refractivity contribution in [2.24, 2.45) is 12.0 Å². The van der Waals surface area contributed by atoms with Crippen LogP contribution < -0.4 is 10.6 Å². The predicted molar refractivity (Wildman–Crippen MR) is 118 cm³/mol. The van der Waals surface area contributed by atoms with Gasteiger partial charge in [-0.05, 0) is 52.8 Å². The van der Waals surface area contributed by atoms with Crippen molar-refractivity contribution in [2.45, 2.75) is 53.0 Å². The second-order valence-electron chi connectivity index (χ2n) is 6.68. The van der Waals surface area contributed by atoms with Gasteiger partial charge in [0.25, 0.3) is 0 Å². The third-order valence-corrected chi connectivity index (χ3v) is 4.46. The van der Waals surface area contributed by atoms with Crippen LogP contribution in [0.5, 0.6) is 0 Å². The van der Waals surface area contributed by atoms with E-state index in [0.29, 0.717) is 6.04 Å². The summed E-state index contributed by atoms with van der Waals surface area (Å²) in [6.45, 7) is 11.7. The van der Waals surface area contributed by atoms with Crippen LogP contribution in [-0.2, 0) is 13.5 Å². The lowest BCUT2D eigenvalue weighted by molar-refractivity contribution is 0.332. The first kappa shape index (κ1) is 24.2. The van der Waals surface area contributed by atoms with Gasteiger partial charge in [0.05, 0.1) is 5.69 Å². The molecule has 0 aromatic carbocycles. The van der Waals surface area contributed by atoms with Gasteiger partial charge in [-0.2, -0.15) is 5.10 Å². The molecule has 0 aliphatic carbocycles. The zero-order chi connectivity index (χ0) is 18.1. The van der Waals surface area contributed by atoms with E-state index in [-0.39, 0.29) is 24.0 Å². The molecule has 146 valence electrons. The van der Waals surface area contributed by atoms with Crippen LogP contribution in [0.15, 0.2) is 4.99 Å². The van der Waals surface area contributed by atoms with Crippen LogP contribution in [0.1, 0.15) is 43.6 Å². The van der Waals surface area contributed by atoms with Gasteiger partial charge in [-0.25, -0.2) is 0 Å². The second kappa shape index (κ2) is 12.5. The molecule has 0 spiro atoms. The van der Waals surface area contributed by atoms with Gasteiger partial charge >= 0.3 is 0 Å². The summed E-state index contributed by atoms with van der Waals surface area (Å²) in [5, 5.41) is 11.4. The molecule has 0 bridgehead atoms. The van der Waals surface area contributed by atoms with Crippen LogP contribution in [0.25, 0.3) is 0 Å². The standard InChI is InChI=1S/C18H36N6.HI/c1-8-9-11-23(6)12-10-20-18(19-5)21-14(2)13-17-15(3)22-24(7)16(17)4;/h14H,8-13H2,1-7H3,(H2,19,20,21);1H. The Morgan fingerprint density at radius 2 is 2.00 bits per heavy atom. The summed E-state index contributed by atoms with van der Waals surface area (Å²) >= 11 is 0. The van der Waals surface area contributed by atoms with E-state index in [1.165, 1.54) is 24.1 Å². The molecule has 0 radical (unpaired) electrons. The number of rotatable bonds is 9. The van der Waals surface area contributed by atoms with Gasteiger partial charge in [0.1, 0.15) is 0 Å². The molecular formula is C18H37IN6.